The van der Waals surface area contributed by atoms with Gasteiger partial charge in [-0.3, -0.25) is 14.2 Å². The highest BCUT2D eigenvalue weighted by atomic mass is 19.1. The quantitative estimate of drug-likeness (QED) is 0.410. The first kappa shape index (κ1) is 23.4. The number of hydrogen-bond donors (Lipinski definition) is 1. The van der Waals surface area contributed by atoms with Crippen LogP contribution in [0.1, 0.15) is 47.1 Å². The summed E-state index contributed by atoms with van der Waals surface area (Å²) in [6.07, 6.45) is 2.40. The number of nitrogens with one attached hydrogen (secondary N) is 1. The summed E-state index contributed by atoms with van der Waals surface area (Å²) in [6.45, 7) is 0.642. The lowest BCUT2D eigenvalue weighted by atomic mass is 10.1. The minimum absolute atomic E-state index is 0.113. The summed E-state index contributed by atoms with van der Waals surface area (Å²) in [5.74, 6) is -1.02. The molecule has 1 unspecified atom stereocenters. The fraction of sp³-hybridized carbons (Fsp3) is 0.214. The molecule has 1 atom stereocenters. The summed E-state index contributed by atoms with van der Waals surface area (Å²) >= 11 is 0. The van der Waals surface area contributed by atoms with Crippen molar-refractivity contribution in [1.82, 2.24) is 9.55 Å². The predicted molar refractivity (Wildman–Crippen MR) is 133 cm³/mol. The Morgan fingerprint density at radius 3 is 2.53 bits per heavy atom. The highest BCUT2D eigenvalue weighted by Gasteiger charge is 2.26. The highest BCUT2D eigenvalue weighted by molar-refractivity contribution is 5.99. The molecule has 1 aromatic heterocycles. The van der Waals surface area contributed by atoms with E-state index in [1.807, 2.05) is 0 Å². The molecule has 0 aliphatic carbocycles. The number of nitrogens with zero attached hydrogens (tertiary/aromatic N) is 2. The summed E-state index contributed by atoms with van der Waals surface area (Å²) in [4.78, 5) is 43.9. The van der Waals surface area contributed by atoms with Crippen molar-refractivity contribution in [3.63, 3.8) is 0 Å². The molecule has 4 aromatic rings. The maximum atomic E-state index is 13.2. The molecule has 0 saturated heterocycles. The number of benzene rings is 3. The lowest BCUT2D eigenvalue weighted by molar-refractivity contribution is -0.125. The first-order chi connectivity index (χ1) is 17.5. The maximum Gasteiger partial charge on any atom is 0.339 e. The van der Waals surface area contributed by atoms with Gasteiger partial charge in [-0.25, -0.2) is 14.2 Å². The van der Waals surface area contributed by atoms with Gasteiger partial charge in [-0.05, 0) is 55.3 Å². The summed E-state index contributed by atoms with van der Waals surface area (Å²) < 4.78 is 20.6. The number of halogens is 1. The van der Waals surface area contributed by atoms with Gasteiger partial charge in [0.1, 0.15) is 11.6 Å². The number of fused-ring (bicyclic) bond motifs is 2. The predicted octanol–water partition coefficient (Wildman–Crippen LogP) is 4.80. The van der Waals surface area contributed by atoms with Crippen molar-refractivity contribution in [3.8, 4) is 0 Å². The van der Waals surface area contributed by atoms with Gasteiger partial charge < -0.3 is 10.1 Å². The number of aryl methyl sites for hydroxylation is 1. The Kier molecular flexibility index (Phi) is 6.58. The van der Waals surface area contributed by atoms with Crippen molar-refractivity contribution in [2.24, 2.45) is 0 Å². The lowest BCUT2D eigenvalue weighted by Gasteiger charge is -2.18. The second-order valence-corrected chi connectivity index (χ2v) is 8.72. The van der Waals surface area contributed by atoms with Crippen molar-refractivity contribution < 1.29 is 18.7 Å². The second kappa shape index (κ2) is 10.1. The maximum absolute atomic E-state index is 13.2. The molecule has 1 aliphatic heterocycles. The number of aromatic nitrogens is 2. The molecule has 3 aromatic carbocycles. The molecule has 0 spiro atoms. The van der Waals surface area contributed by atoms with E-state index < -0.39 is 23.8 Å². The van der Waals surface area contributed by atoms with Gasteiger partial charge in [0.05, 0.1) is 16.5 Å². The Hall–Kier alpha value is -4.33. The van der Waals surface area contributed by atoms with Crippen LogP contribution in [-0.2, 0) is 22.5 Å². The number of amides is 1. The summed E-state index contributed by atoms with van der Waals surface area (Å²) in [5, 5.41) is 3.10. The van der Waals surface area contributed by atoms with Gasteiger partial charge in [-0.1, -0.05) is 36.8 Å². The van der Waals surface area contributed by atoms with Crippen molar-refractivity contribution >= 4 is 28.5 Å². The molecule has 1 amide bonds. The third-order valence-electron chi connectivity index (χ3n) is 6.23. The van der Waals surface area contributed by atoms with E-state index in [9.17, 15) is 18.8 Å². The van der Waals surface area contributed by atoms with Crippen molar-refractivity contribution in [2.75, 3.05) is 5.32 Å². The summed E-state index contributed by atoms with van der Waals surface area (Å²) in [5.41, 5.74) is 1.35. The van der Waals surface area contributed by atoms with Crippen LogP contribution in [0.3, 0.4) is 0 Å². The van der Waals surface area contributed by atoms with Crippen LogP contribution >= 0.6 is 0 Å². The number of carbonyl (C=O) groups excluding carboxylic acids is 2. The van der Waals surface area contributed by atoms with Gasteiger partial charge in [-0.2, -0.15) is 0 Å². The first-order valence-corrected chi connectivity index (χ1v) is 11.9. The van der Waals surface area contributed by atoms with E-state index in [0.717, 1.165) is 25.1 Å². The van der Waals surface area contributed by atoms with Crippen LogP contribution in [0, 0.1) is 5.82 Å². The lowest BCUT2D eigenvalue weighted by Crippen LogP contribution is -2.26. The average molecular weight is 486 g/mol. The summed E-state index contributed by atoms with van der Waals surface area (Å²) in [6, 6.07) is 18.5. The smallest absolute Gasteiger partial charge is 0.339 e. The molecule has 182 valence electrons. The molecule has 36 heavy (non-hydrogen) atoms. The molecule has 8 heteroatoms. The van der Waals surface area contributed by atoms with Gasteiger partial charge in [0.15, 0.2) is 0 Å². The Balaban J connectivity index is 1.44. The standard InChI is InChI=1S/C28H24FN3O4/c29-20-11-13-21(14-12-20)30-26(33)25(18-7-3-1-4-8-18)36-28(35)19-10-15-22-23(17-19)31-24-9-5-2-6-16-32(24)27(22)34/h1,3-4,7-8,10-15,17,25H,2,5-6,9,16H2,(H,30,33). The van der Waals surface area contributed by atoms with Crippen LogP contribution in [0.2, 0.25) is 0 Å². The van der Waals surface area contributed by atoms with Gasteiger partial charge in [0, 0.05) is 24.2 Å². The van der Waals surface area contributed by atoms with Gasteiger partial charge in [-0.15, -0.1) is 0 Å². The molecule has 0 radical (unpaired) electrons. The fourth-order valence-corrected chi connectivity index (χ4v) is 4.36. The minimum Gasteiger partial charge on any atom is -0.444 e. The molecular weight excluding hydrogens is 461 g/mol. The third kappa shape index (κ3) is 4.88. The van der Waals surface area contributed by atoms with Gasteiger partial charge in [0.2, 0.25) is 6.10 Å². The molecule has 0 fully saturated rings. The number of hydrogen-bond acceptors (Lipinski definition) is 5. The van der Waals surface area contributed by atoms with Crippen LogP contribution in [0.15, 0.2) is 77.6 Å². The largest absolute Gasteiger partial charge is 0.444 e. The van der Waals surface area contributed by atoms with Crippen LogP contribution in [0.25, 0.3) is 10.9 Å². The minimum atomic E-state index is -1.25. The second-order valence-electron chi connectivity index (χ2n) is 8.72. The summed E-state index contributed by atoms with van der Waals surface area (Å²) in [7, 11) is 0. The normalized spacial score (nSPS) is 13.9. The molecule has 5 rings (SSSR count). The van der Waals surface area contributed by atoms with E-state index in [2.05, 4.69) is 10.3 Å². The van der Waals surface area contributed by atoms with E-state index in [4.69, 9.17) is 4.74 Å². The third-order valence-corrected chi connectivity index (χ3v) is 6.23. The molecular formula is C28H24FN3O4. The Morgan fingerprint density at radius 2 is 1.75 bits per heavy atom. The Morgan fingerprint density at radius 1 is 0.972 bits per heavy atom. The van der Waals surface area contributed by atoms with Crippen molar-refractivity contribution in [2.45, 2.75) is 38.3 Å². The molecule has 0 saturated carbocycles. The number of carbonyl (C=O) groups is 2. The molecule has 1 N–H and O–H groups in total. The first-order valence-electron chi connectivity index (χ1n) is 11.9. The topological polar surface area (TPSA) is 90.3 Å². The Labute approximate surface area is 206 Å². The van der Waals surface area contributed by atoms with E-state index in [-0.39, 0.29) is 11.1 Å². The number of rotatable bonds is 5. The van der Waals surface area contributed by atoms with Gasteiger partial charge in [0.25, 0.3) is 11.5 Å². The van der Waals surface area contributed by atoms with E-state index in [0.29, 0.717) is 35.1 Å². The van der Waals surface area contributed by atoms with Crippen LogP contribution < -0.4 is 10.9 Å². The van der Waals surface area contributed by atoms with Crippen LogP contribution in [-0.4, -0.2) is 21.4 Å². The van der Waals surface area contributed by atoms with Crippen LogP contribution in [0.5, 0.6) is 0 Å². The van der Waals surface area contributed by atoms with Gasteiger partial charge >= 0.3 is 5.97 Å². The Bertz CT molecular complexity index is 1480. The zero-order chi connectivity index (χ0) is 25.1. The zero-order valence-corrected chi connectivity index (χ0v) is 19.4. The van der Waals surface area contributed by atoms with Crippen molar-refractivity contribution in [1.29, 1.82) is 0 Å². The van der Waals surface area contributed by atoms with Crippen molar-refractivity contribution in [3.05, 3.63) is 106 Å². The van der Waals surface area contributed by atoms with Crippen LogP contribution in [0.4, 0.5) is 10.1 Å². The monoisotopic (exact) mass is 485 g/mol. The van der Waals surface area contributed by atoms with E-state index >= 15 is 0 Å². The zero-order valence-electron chi connectivity index (χ0n) is 19.4. The average Bonchev–Trinajstić information content (AvgIpc) is 3.14. The van der Waals surface area contributed by atoms with E-state index in [1.54, 1.807) is 41.0 Å². The molecule has 1 aliphatic rings. The SMILES string of the molecule is O=C(OC(C(=O)Nc1ccc(F)cc1)c1ccccc1)c1ccc2c(=O)n3c(nc2c1)CCCCC3. The number of ether oxygens (including phenoxy) is 1. The molecule has 2 heterocycles. The molecule has 7 nitrogen and oxygen atoms in total. The number of esters is 1. The number of anilines is 1. The fourth-order valence-electron chi connectivity index (χ4n) is 4.36. The highest BCUT2D eigenvalue weighted by Crippen LogP contribution is 2.23. The van der Waals surface area contributed by atoms with E-state index in [1.165, 1.54) is 36.4 Å². The molecule has 0 bridgehead atoms.